The van der Waals surface area contributed by atoms with Crippen LogP contribution in [0.1, 0.15) is 25.1 Å². The maximum atomic E-state index is 5.36. The van der Waals surface area contributed by atoms with Crippen LogP contribution in [0.15, 0.2) is 18.3 Å². The predicted molar refractivity (Wildman–Crippen MR) is 49.4 cm³/mol. The van der Waals surface area contributed by atoms with Gasteiger partial charge in [0.2, 0.25) is 0 Å². The monoisotopic (exact) mass is 184 g/mol. The maximum absolute atomic E-state index is 5.36. The Hall–Kier alpha value is -0.780. The Labute approximate surface area is 75.8 Å². The van der Waals surface area contributed by atoms with Crippen LogP contribution in [-0.2, 0) is 0 Å². The van der Waals surface area contributed by atoms with E-state index in [2.05, 4.69) is 20.8 Å². The van der Waals surface area contributed by atoms with Crippen LogP contribution in [-0.4, -0.2) is 8.75 Å². The summed E-state index contributed by atoms with van der Waals surface area (Å²) in [7, 11) is 0. The standard InChI is InChI=1S/C7H12N4S/c1-5(2)3-6(10-8)7-4-9-12-11-7/h4,6,10H,1,3,8H2,2H3. The zero-order valence-electron chi connectivity index (χ0n) is 6.95. The highest BCUT2D eigenvalue weighted by Crippen LogP contribution is 2.17. The molecule has 1 atom stereocenters. The van der Waals surface area contributed by atoms with Crippen molar-refractivity contribution in [2.24, 2.45) is 5.84 Å². The topological polar surface area (TPSA) is 63.8 Å². The molecule has 3 N–H and O–H groups in total. The molecule has 4 nitrogen and oxygen atoms in total. The van der Waals surface area contributed by atoms with Gasteiger partial charge in [0.1, 0.15) is 0 Å². The van der Waals surface area contributed by atoms with Crippen LogP contribution in [0.3, 0.4) is 0 Å². The fourth-order valence-corrected chi connectivity index (χ4v) is 1.39. The second-order valence-corrected chi connectivity index (χ2v) is 3.27. The summed E-state index contributed by atoms with van der Waals surface area (Å²) in [6.45, 7) is 5.77. The Morgan fingerprint density at radius 2 is 2.67 bits per heavy atom. The molecule has 0 bridgehead atoms. The van der Waals surface area contributed by atoms with Gasteiger partial charge in [0.15, 0.2) is 0 Å². The molecule has 0 saturated heterocycles. The molecule has 0 saturated carbocycles. The number of nitrogens with zero attached hydrogens (tertiary/aromatic N) is 2. The minimum atomic E-state index is 0.0428. The first kappa shape index (κ1) is 9.31. The Kier molecular flexibility index (Phi) is 3.33. The maximum Gasteiger partial charge on any atom is 0.0929 e. The van der Waals surface area contributed by atoms with Crippen LogP contribution in [0.25, 0.3) is 0 Å². The van der Waals surface area contributed by atoms with E-state index in [9.17, 15) is 0 Å². The zero-order chi connectivity index (χ0) is 8.97. The van der Waals surface area contributed by atoms with Crippen molar-refractivity contribution in [2.45, 2.75) is 19.4 Å². The van der Waals surface area contributed by atoms with Crippen molar-refractivity contribution in [3.05, 3.63) is 24.0 Å². The summed E-state index contributed by atoms with van der Waals surface area (Å²) in [4.78, 5) is 0. The molecule has 0 spiro atoms. The summed E-state index contributed by atoms with van der Waals surface area (Å²) >= 11 is 1.19. The van der Waals surface area contributed by atoms with E-state index >= 15 is 0 Å². The number of nitrogens with one attached hydrogen (secondary N) is 1. The molecule has 12 heavy (non-hydrogen) atoms. The SMILES string of the molecule is C=C(C)CC(NN)c1cnsn1. The van der Waals surface area contributed by atoms with Crippen molar-refractivity contribution in [3.8, 4) is 0 Å². The van der Waals surface area contributed by atoms with Gasteiger partial charge >= 0.3 is 0 Å². The lowest BCUT2D eigenvalue weighted by molar-refractivity contribution is 0.540. The molecule has 1 aromatic heterocycles. The van der Waals surface area contributed by atoms with Gasteiger partial charge in [-0.25, -0.2) is 0 Å². The molecular formula is C7H12N4S. The van der Waals surface area contributed by atoms with E-state index in [-0.39, 0.29) is 6.04 Å². The van der Waals surface area contributed by atoms with Crippen molar-refractivity contribution >= 4 is 11.7 Å². The molecule has 0 aliphatic rings. The summed E-state index contributed by atoms with van der Waals surface area (Å²) in [5, 5.41) is 0. The molecule has 0 aliphatic heterocycles. The van der Waals surface area contributed by atoms with Gasteiger partial charge in [0.05, 0.1) is 29.7 Å². The van der Waals surface area contributed by atoms with Gasteiger partial charge in [-0.2, -0.15) is 8.75 Å². The van der Waals surface area contributed by atoms with E-state index < -0.39 is 0 Å². The largest absolute Gasteiger partial charge is 0.271 e. The highest BCUT2D eigenvalue weighted by molar-refractivity contribution is 6.99. The Morgan fingerprint density at radius 1 is 1.92 bits per heavy atom. The summed E-state index contributed by atoms with van der Waals surface area (Å²) in [5.41, 5.74) is 4.63. The van der Waals surface area contributed by atoms with Crippen molar-refractivity contribution in [1.82, 2.24) is 14.2 Å². The highest BCUT2D eigenvalue weighted by Gasteiger charge is 2.11. The molecule has 0 fully saturated rings. The average Bonchev–Trinajstić information content (AvgIpc) is 2.51. The van der Waals surface area contributed by atoms with Crippen LogP contribution >= 0.6 is 11.7 Å². The molecule has 1 unspecified atom stereocenters. The second kappa shape index (κ2) is 4.30. The lowest BCUT2D eigenvalue weighted by Gasteiger charge is -2.11. The first-order valence-corrected chi connectivity index (χ1v) is 4.35. The Balaban J connectivity index is 2.63. The van der Waals surface area contributed by atoms with Gasteiger partial charge < -0.3 is 0 Å². The number of hydrogen-bond acceptors (Lipinski definition) is 5. The average molecular weight is 184 g/mol. The number of hydrazine groups is 1. The Bertz CT molecular complexity index is 244. The molecular weight excluding hydrogens is 172 g/mol. The molecule has 0 aromatic carbocycles. The number of rotatable bonds is 4. The minimum absolute atomic E-state index is 0.0428. The molecule has 0 radical (unpaired) electrons. The molecule has 1 heterocycles. The smallest absolute Gasteiger partial charge is 0.0929 e. The number of nitrogens with two attached hydrogens (primary N) is 1. The van der Waals surface area contributed by atoms with Crippen LogP contribution < -0.4 is 11.3 Å². The third-order valence-electron chi connectivity index (χ3n) is 1.49. The lowest BCUT2D eigenvalue weighted by atomic mass is 10.1. The zero-order valence-corrected chi connectivity index (χ0v) is 7.77. The van der Waals surface area contributed by atoms with Crippen molar-refractivity contribution in [1.29, 1.82) is 0 Å². The van der Waals surface area contributed by atoms with Gasteiger partial charge in [-0.1, -0.05) is 5.57 Å². The molecule has 0 amide bonds. The number of aromatic nitrogens is 2. The third kappa shape index (κ3) is 2.37. The van der Waals surface area contributed by atoms with Gasteiger partial charge in [-0.05, 0) is 13.3 Å². The lowest BCUT2D eigenvalue weighted by Crippen LogP contribution is -2.28. The van der Waals surface area contributed by atoms with Gasteiger partial charge in [0, 0.05) is 0 Å². The van der Waals surface area contributed by atoms with E-state index in [4.69, 9.17) is 5.84 Å². The van der Waals surface area contributed by atoms with Crippen molar-refractivity contribution < 1.29 is 0 Å². The summed E-state index contributed by atoms with van der Waals surface area (Å²) in [5.74, 6) is 5.36. The van der Waals surface area contributed by atoms with Crippen LogP contribution in [0, 0.1) is 0 Å². The third-order valence-corrected chi connectivity index (χ3v) is 1.98. The van der Waals surface area contributed by atoms with Gasteiger partial charge in [0.25, 0.3) is 0 Å². The van der Waals surface area contributed by atoms with E-state index in [1.54, 1.807) is 6.20 Å². The minimum Gasteiger partial charge on any atom is -0.271 e. The molecule has 0 aliphatic carbocycles. The Morgan fingerprint density at radius 3 is 3.08 bits per heavy atom. The van der Waals surface area contributed by atoms with Crippen LogP contribution in [0.5, 0.6) is 0 Å². The molecule has 1 aromatic rings. The second-order valence-electron chi connectivity index (χ2n) is 2.71. The van der Waals surface area contributed by atoms with Crippen molar-refractivity contribution in [3.63, 3.8) is 0 Å². The van der Waals surface area contributed by atoms with Gasteiger partial charge in [-0.3, -0.25) is 11.3 Å². The van der Waals surface area contributed by atoms with Crippen molar-refractivity contribution in [2.75, 3.05) is 0 Å². The molecule has 5 heteroatoms. The quantitative estimate of drug-likeness (QED) is 0.416. The summed E-state index contributed by atoms with van der Waals surface area (Å²) in [6.07, 6.45) is 2.51. The van der Waals surface area contributed by atoms with Crippen LogP contribution in [0.2, 0.25) is 0 Å². The summed E-state index contributed by atoms with van der Waals surface area (Å²) < 4.78 is 7.99. The summed E-state index contributed by atoms with van der Waals surface area (Å²) in [6, 6.07) is 0.0428. The number of hydrogen-bond donors (Lipinski definition) is 2. The van der Waals surface area contributed by atoms with Crippen LogP contribution in [0.4, 0.5) is 0 Å². The molecule has 66 valence electrons. The first-order valence-electron chi connectivity index (χ1n) is 3.62. The van der Waals surface area contributed by atoms with E-state index in [1.807, 2.05) is 6.92 Å². The molecule has 1 rings (SSSR count). The fraction of sp³-hybridized carbons (Fsp3) is 0.429. The van der Waals surface area contributed by atoms with E-state index in [0.29, 0.717) is 0 Å². The first-order chi connectivity index (χ1) is 5.74. The van der Waals surface area contributed by atoms with E-state index in [0.717, 1.165) is 17.7 Å². The normalized spacial score (nSPS) is 12.8. The van der Waals surface area contributed by atoms with E-state index in [1.165, 1.54) is 11.7 Å². The highest BCUT2D eigenvalue weighted by atomic mass is 32.1. The predicted octanol–water partition coefficient (Wildman–Crippen LogP) is 1.01. The fourth-order valence-electron chi connectivity index (χ4n) is 0.923. The van der Waals surface area contributed by atoms with Gasteiger partial charge in [-0.15, -0.1) is 6.58 Å².